The van der Waals surface area contributed by atoms with E-state index in [-0.39, 0.29) is 16.0 Å². The number of nitrogen functional groups attached to an aromatic ring is 1. The van der Waals surface area contributed by atoms with Gasteiger partial charge in [-0.3, -0.25) is 0 Å². The lowest BCUT2D eigenvalue weighted by Gasteiger charge is -2.18. The highest BCUT2D eigenvalue weighted by molar-refractivity contribution is 9.10. The van der Waals surface area contributed by atoms with Gasteiger partial charge in [0, 0.05) is 11.0 Å². The molecule has 1 aromatic carbocycles. The highest BCUT2D eigenvalue weighted by atomic mass is 79.9. The number of halogens is 1. The van der Waals surface area contributed by atoms with Crippen molar-refractivity contribution in [1.29, 1.82) is 0 Å². The van der Waals surface area contributed by atoms with Crippen LogP contribution in [-0.2, 0) is 10.0 Å². The van der Waals surface area contributed by atoms with Crippen LogP contribution in [0.2, 0.25) is 0 Å². The van der Waals surface area contributed by atoms with Crippen molar-refractivity contribution in [3.05, 3.63) is 22.7 Å². The summed E-state index contributed by atoms with van der Waals surface area (Å²) in [5.74, 6) is 0. The van der Waals surface area contributed by atoms with E-state index in [0.29, 0.717) is 6.54 Å². The Hall–Kier alpha value is -0.590. The molecule has 0 radical (unpaired) electrons. The van der Waals surface area contributed by atoms with E-state index in [1.54, 1.807) is 12.1 Å². The molecule has 0 atom stereocenters. The Morgan fingerprint density at radius 1 is 1.33 bits per heavy atom. The van der Waals surface area contributed by atoms with Crippen LogP contribution in [0.15, 0.2) is 27.6 Å². The second-order valence-electron chi connectivity index (χ2n) is 5.39. The van der Waals surface area contributed by atoms with E-state index in [9.17, 15) is 8.42 Å². The molecule has 0 spiro atoms. The highest BCUT2D eigenvalue weighted by Crippen LogP contribution is 2.23. The maximum atomic E-state index is 12.0. The lowest BCUT2D eigenvalue weighted by Crippen LogP contribution is -2.28. The van der Waals surface area contributed by atoms with Crippen molar-refractivity contribution in [3.63, 3.8) is 0 Å². The van der Waals surface area contributed by atoms with E-state index in [4.69, 9.17) is 5.73 Å². The zero-order valence-corrected chi connectivity index (χ0v) is 13.2. The van der Waals surface area contributed by atoms with Gasteiger partial charge in [0.2, 0.25) is 10.0 Å². The SMILES string of the molecule is CC(C)(C)CCNS(=O)(=O)c1ccc(Br)cc1N. The van der Waals surface area contributed by atoms with Gasteiger partial charge in [-0.15, -0.1) is 0 Å². The van der Waals surface area contributed by atoms with Gasteiger partial charge in [-0.2, -0.15) is 0 Å². The van der Waals surface area contributed by atoms with Crippen LogP contribution in [0.4, 0.5) is 5.69 Å². The minimum atomic E-state index is -3.53. The molecule has 1 rings (SSSR count). The fraction of sp³-hybridized carbons (Fsp3) is 0.500. The molecule has 1 aromatic rings. The van der Waals surface area contributed by atoms with Gasteiger partial charge in [0.1, 0.15) is 4.90 Å². The van der Waals surface area contributed by atoms with Gasteiger partial charge in [0.15, 0.2) is 0 Å². The third-order valence-corrected chi connectivity index (χ3v) is 4.46. The first kappa shape index (κ1) is 15.5. The summed E-state index contributed by atoms with van der Waals surface area (Å²) >= 11 is 3.25. The number of benzene rings is 1. The Morgan fingerprint density at radius 3 is 2.44 bits per heavy atom. The Bertz CT molecular complexity index is 521. The lowest BCUT2D eigenvalue weighted by atomic mass is 9.93. The molecule has 18 heavy (non-hydrogen) atoms. The van der Waals surface area contributed by atoms with Crippen LogP contribution in [0.25, 0.3) is 0 Å². The smallest absolute Gasteiger partial charge is 0.242 e. The van der Waals surface area contributed by atoms with E-state index in [2.05, 4.69) is 41.4 Å². The molecular weight excluding hydrogens is 316 g/mol. The number of hydrogen-bond acceptors (Lipinski definition) is 3. The molecule has 0 saturated heterocycles. The molecule has 0 aliphatic heterocycles. The number of anilines is 1. The summed E-state index contributed by atoms with van der Waals surface area (Å²) in [5.41, 5.74) is 6.05. The Morgan fingerprint density at radius 2 is 1.94 bits per heavy atom. The largest absolute Gasteiger partial charge is 0.398 e. The van der Waals surface area contributed by atoms with Crippen LogP contribution in [0.5, 0.6) is 0 Å². The van der Waals surface area contributed by atoms with E-state index >= 15 is 0 Å². The van der Waals surface area contributed by atoms with Gasteiger partial charge in [0.05, 0.1) is 5.69 Å². The van der Waals surface area contributed by atoms with Crippen LogP contribution in [0, 0.1) is 5.41 Å². The van der Waals surface area contributed by atoms with E-state index in [1.165, 1.54) is 6.07 Å². The molecule has 4 nitrogen and oxygen atoms in total. The Kier molecular flexibility index (Phi) is 4.80. The van der Waals surface area contributed by atoms with Crippen LogP contribution >= 0.6 is 15.9 Å². The molecule has 102 valence electrons. The molecule has 0 fully saturated rings. The summed E-state index contributed by atoms with van der Waals surface area (Å²) in [7, 11) is -3.53. The molecule has 0 aliphatic rings. The van der Waals surface area contributed by atoms with Gasteiger partial charge in [-0.1, -0.05) is 36.7 Å². The summed E-state index contributed by atoms with van der Waals surface area (Å²) in [6.07, 6.45) is 0.767. The molecule has 0 aromatic heterocycles. The molecule has 0 aliphatic carbocycles. The number of nitrogens with two attached hydrogens (primary N) is 1. The van der Waals surface area contributed by atoms with Crippen molar-refractivity contribution >= 4 is 31.6 Å². The first-order valence-corrected chi connectivity index (χ1v) is 7.94. The normalized spacial score (nSPS) is 12.7. The molecule has 0 saturated carbocycles. The molecule has 0 heterocycles. The number of rotatable bonds is 4. The average molecular weight is 335 g/mol. The van der Waals surface area contributed by atoms with Crippen LogP contribution < -0.4 is 10.5 Å². The second-order valence-corrected chi connectivity index (χ2v) is 8.04. The van der Waals surface area contributed by atoms with Crippen molar-refractivity contribution in [3.8, 4) is 0 Å². The maximum Gasteiger partial charge on any atom is 0.242 e. The summed E-state index contributed by atoms with van der Waals surface area (Å²) in [6.45, 7) is 6.60. The van der Waals surface area contributed by atoms with E-state index in [0.717, 1.165) is 10.9 Å². The van der Waals surface area contributed by atoms with Gasteiger partial charge in [0.25, 0.3) is 0 Å². The monoisotopic (exact) mass is 334 g/mol. The van der Waals surface area contributed by atoms with Crippen LogP contribution in [-0.4, -0.2) is 15.0 Å². The minimum absolute atomic E-state index is 0.0911. The lowest BCUT2D eigenvalue weighted by molar-refractivity contribution is 0.378. The Labute approximate surface area is 117 Å². The summed E-state index contributed by atoms with van der Waals surface area (Å²) < 4.78 is 27.4. The highest BCUT2D eigenvalue weighted by Gasteiger charge is 2.18. The van der Waals surface area contributed by atoms with E-state index in [1.807, 2.05) is 0 Å². The maximum absolute atomic E-state index is 12.0. The molecule has 0 bridgehead atoms. The zero-order chi connectivity index (χ0) is 14.0. The number of nitrogens with one attached hydrogen (secondary N) is 1. The molecule has 0 amide bonds. The second kappa shape index (κ2) is 5.59. The summed E-state index contributed by atoms with van der Waals surface area (Å²) in [4.78, 5) is 0.125. The fourth-order valence-corrected chi connectivity index (χ4v) is 2.92. The quantitative estimate of drug-likeness (QED) is 0.831. The third-order valence-electron chi connectivity index (χ3n) is 2.43. The fourth-order valence-electron chi connectivity index (χ4n) is 1.40. The predicted octanol–water partition coefficient (Wildman–Crippen LogP) is 2.75. The molecular formula is C12H19BrN2O2S. The van der Waals surface area contributed by atoms with Gasteiger partial charge in [-0.25, -0.2) is 13.1 Å². The Balaban J connectivity index is 2.81. The average Bonchev–Trinajstić information content (AvgIpc) is 2.13. The van der Waals surface area contributed by atoms with Crippen molar-refractivity contribution < 1.29 is 8.42 Å². The van der Waals surface area contributed by atoms with Crippen molar-refractivity contribution in [1.82, 2.24) is 4.72 Å². The standard InChI is InChI=1S/C12H19BrN2O2S/c1-12(2,3)6-7-15-18(16,17)11-5-4-9(13)8-10(11)14/h4-5,8,15H,6-7,14H2,1-3H3. The van der Waals surface area contributed by atoms with Crippen molar-refractivity contribution in [2.24, 2.45) is 5.41 Å². The minimum Gasteiger partial charge on any atom is -0.398 e. The van der Waals surface area contributed by atoms with Crippen LogP contribution in [0.1, 0.15) is 27.2 Å². The first-order valence-electron chi connectivity index (χ1n) is 5.66. The number of sulfonamides is 1. The first-order chi connectivity index (χ1) is 8.12. The van der Waals surface area contributed by atoms with Gasteiger partial charge < -0.3 is 5.73 Å². The van der Waals surface area contributed by atoms with Crippen molar-refractivity contribution in [2.45, 2.75) is 32.1 Å². The van der Waals surface area contributed by atoms with Gasteiger partial charge in [-0.05, 0) is 30.0 Å². The van der Waals surface area contributed by atoms with Gasteiger partial charge >= 0.3 is 0 Å². The molecule has 6 heteroatoms. The zero-order valence-electron chi connectivity index (χ0n) is 10.8. The summed E-state index contributed by atoms with van der Waals surface area (Å²) in [6, 6.07) is 4.74. The topological polar surface area (TPSA) is 72.2 Å². The van der Waals surface area contributed by atoms with Crippen molar-refractivity contribution in [2.75, 3.05) is 12.3 Å². The van der Waals surface area contributed by atoms with E-state index < -0.39 is 10.0 Å². The molecule has 3 N–H and O–H groups in total. The molecule has 0 unspecified atom stereocenters. The predicted molar refractivity (Wildman–Crippen MR) is 77.8 cm³/mol. The van der Waals surface area contributed by atoms with Crippen LogP contribution in [0.3, 0.4) is 0 Å². The third kappa shape index (κ3) is 4.59. The summed E-state index contributed by atoms with van der Waals surface area (Å²) in [5, 5.41) is 0. The number of hydrogen-bond donors (Lipinski definition) is 2.